The number of aliphatic hydroxyl groups is 1. The van der Waals surface area contributed by atoms with Gasteiger partial charge in [0.2, 0.25) is 6.33 Å². The highest BCUT2D eigenvalue weighted by Crippen LogP contribution is 1.59. The van der Waals surface area contributed by atoms with Crippen molar-refractivity contribution in [3.05, 3.63) is 18.7 Å². The molecule has 0 atom stereocenters. The number of aromatic nitrogens is 2. The highest BCUT2D eigenvalue weighted by Gasteiger charge is 1.78. The van der Waals surface area contributed by atoms with Crippen LogP contribution in [0, 0.1) is 0 Å². The van der Waals surface area contributed by atoms with E-state index in [0.29, 0.717) is 0 Å². The Kier molecular flexibility index (Phi) is 4.82. The molecule has 0 aliphatic carbocycles. The van der Waals surface area contributed by atoms with Gasteiger partial charge in [-0.15, -0.1) is 0 Å². The van der Waals surface area contributed by atoms with Crippen LogP contribution in [-0.2, 0) is 7.05 Å². The third-order valence-electron chi connectivity index (χ3n) is 0.684. The lowest BCUT2D eigenvalue weighted by atomic mass is 10.9. The van der Waals surface area contributed by atoms with Crippen molar-refractivity contribution in [1.29, 1.82) is 0 Å². The SMILES string of the molecule is CCO.C[n+]1cc[nH]c1. The molecule has 0 amide bonds. The van der Waals surface area contributed by atoms with E-state index in [9.17, 15) is 0 Å². The fourth-order valence-electron chi connectivity index (χ4n) is 0.364. The Balaban J connectivity index is 0.000000187. The van der Waals surface area contributed by atoms with E-state index in [1.54, 1.807) is 6.92 Å². The Morgan fingerprint density at radius 2 is 2.22 bits per heavy atom. The highest BCUT2D eigenvalue weighted by atomic mass is 16.2. The van der Waals surface area contributed by atoms with Crippen LogP contribution in [0.2, 0.25) is 0 Å². The number of aryl methyl sites for hydroxylation is 1. The molecule has 52 valence electrons. The van der Waals surface area contributed by atoms with Gasteiger partial charge in [-0.05, 0) is 6.92 Å². The van der Waals surface area contributed by atoms with Gasteiger partial charge >= 0.3 is 0 Å². The van der Waals surface area contributed by atoms with Crippen LogP contribution in [0.3, 0.4) is 0 Å². The molecule has 0 spiro atoms. The number of aliphatic hydroxyl groups excluding tert-OH is 1. The van der Waals surface area contributed by atoms with E-state index in [1.165, 1.54) is 0 Å². The van der Waals surface area contributed by atoms with Gasteiger partial charge in [0.15, 0.2) is 0 Å². The summed E-state index contributed by atoms with van der Waals surface area (Å²) >= 11 is 0. The molecule has 1 aromatic rings. The van der Waals surface area contributed by atoms with E-state index in [1.807, 2.05) is 30.3 Å². The lowest BCUT2D eigenvalue weighted by Gasteiger charge is -1.66. The van der Waals surface area contributed by atoms with E-state index >= 15 is 0 Å². The van der Waals surface area contributed by atoms with E-state index < -0.39 is 0 Å². The largest absolute Gasteiger partial charge is 0.397 e. The molecule has 9 heavy (non-hydrogen) atoms. The molecule has 1 heterocycles. The zero-order valence-corrected chi connectivity index (χ0v) is 5.83. The third-order valence-corrected chi connectivity index (χ3v) is 0.684. The molecule has 2 N–H and O–H groups in total. The minimum Gasteiger partial charge on any atom is -0.397 e. The molecule has 0 saturated heterocycles. The quantitative estimate of drug-likeness (QED) is 0.469. The predicted molar refractivity (Wildman–Crippen MR) is 34.7 cm³/mol. The van der Waals surface area contributed by atoms with Crippen molar-refractivity contribution in [3.63, 3.8) is 0 Å². The zero-order chi connectivity index (χ0) is 7.11. The van der Waals surface area contributed by atoms with Crippen LogP contribution in [0.15, 0.2) is 18.7 Å². The first kappa shape index (κ1) is 8.17. The monoisotopic (exact) mass is 129 g/mol. The van der Waals surface area contributed by atoms with Crippen molar-refractivity contribution < 1.29 is 9.67 Å². The van der Waals surface area contributed by atoms with E-state index in [-0.39, 0.29) is 6.61 Å². The molecule has 0 bridgehead atoms. The molecule has 0 radical (unpaired) electrons. The van der Waals surface area contributed by atoms with Gasteiger partial charge in [0.05, 0.1) is 7.05 Å². The molecule has 0 fully saturated rings. The minimum atomic E-state index is 0.250. The van der Waals surface area contributed by atoms with Crippen molar-refractivity contribution in [2.75, 3.05) is 6.61 Å². The van der Waals surface area contributed by atoms with Gasteiger partial charge in [-0.2, -0.15) is 0 Å². The van der Waals surface area contributed by atoms with Crippen molar-refractivity contribution in [1.82, 2.24) is 4.98 Å². The van der Waals surface area contributed by atoms with Crippen LogP contribution in [-0.4, -0.2) is 16.7 Å². The number of nitrogens with one attached hydrogen (secondary N) is 1. The summed E-state index contributed by atoms with van der Waals surface area (Å²) < 4.78 is 1.94. The van der Waals surface area contributed by atoms with Crippen molar-refractivity contribution >= 4 is 0 Å². The van der Waals surface area contributed by atoms with Crippen molar-refractivity contribution in [2.45, 2.75) is 6.92 Å². The zero-order valence-electron chi connectivity index (χ0n) is 5.83. The summed E-state index contributed by atoms with van der Waals surface area (Å²) in [6.45, 7) is 1.93. The smallest absolute Gasteiger partial charge is 0.241 e. The second kappa shape index (κ2) is 5.31. The summed E-state index contributed by atoms with van der Waals surface area (Å²) in [7, 11) is 1.97. The molecule has 1 rings (SSSR count). The van der Waals surface area contributed by atoms with Gasteiger partial charge in [0.25, 0.3) is 0 Å². The summed E-state index contributed by atoms with van der Waals surface area (Å²) in [4.78, 5) is 2.89. The molecule has 0 unspecified atom stereocenters. The Morgan fingerprint density at radius 3 is 2.33 bits per heavy atom. The van der Waals surface area contributed by atoms with Crippen molar-refractivity contribution in [2.24, 2.45) is 7.05 Å². The van der Waals surface area contributed by atoms with E-state index in [4.69, 9.17) is 5.11 Å². The van der Waals surface area contributed by atoms with Gasteiger partial charge in [0.1, 0.15) is 12.4 Å². The Morgan fingerprint density at radius 1 is 1.67 bits per heavy atom. The molecular formula is C6H13N2O+. The number of H-pyrrole nitrogens is 1. The van der Waals surface area contributed by atoms with Crippen LogP contribution in [0.1, 0.15) is 6.92 Å². The van der Waals surface area contributed by atoms with E-state index in [0.717, 1.165) is 0 Å². The average Bonchev–Trinajstić information content (AvgIpc) is 2.20. The van der Waals surface area contributed by atoms with Gasteiger partial charge in [0, 0.05) is 6.61 Å². The molecule has 0 aliphatic rings. The van der Waals surface area contributed by atoms with E-state index in [2.05, 4.69) is 4.98 Å². The average molecular weight is 129 g/mol. The van der Waals surface area contributed by atoms with Crippen LogP contribution in [0.5, 0.6) is 0 Å². The second-order valence-electron chi connectivity index (χ2n) is 1.59. The first-order valence-corrected chi connectivity index (χ1v) is 2.90. The maximum absolute atomic E-state index is 7.57. The Bertz CT molecular complexity index is 126. The van der Waals surface area contributed by atoms with Crippen LogP contribution < -0.4 is 4.57 Å². The van der Waals surface area contributed by atoms with Gasteiger partial charge in [-0.25, -0.2) is 4.57 Å². The topological polar surface area (TPSA) is 39.9 Å². The lowest BCUT2D eigenvalue weighted by Crippen LogP contribution is -2.22. The van der Waals surface area contributed by atoms with Crippen LogP contribution >= 0.6 is 0 Å². The first-order chi connectivity index (χ1) is 4.31. The Hall–Kier alpha value is -0.830. The lowest BCUT2D eigenvalue weighted by molar-refractivity contribution is -0.670. The number of hydrogen-bond acceptors (Lipinski definition) is 1. The second-order valence-corrected chi connectivity index (χ2v) is 1.59. The summed E-state index contributed by atoms with van der Waals surface area (Å²) in [6.07, 6.45) is 5.69. The molecule has 3 heteroatoms. The highest BCUT2D eigenvalue weighted by molar-refractivity contribution is 4.54. The number of aromatic amines is 1. The minimum absolute atomic E-state index is 0.250. The normalized spacial score (nSPS) is 7.89. The number of nitrogens with zero attached hydrogens (tertiary/aromatic N) is 1. The van der Waals surface area contributed by atoms with Crippen molar-refractivity contribution in [3.8, 4) is 0 Å². The fourth-order valence-corrected chi connectivity index (χ4v) is 0.364. The Labute approximate surface area is 55.0 Å². The maximum atomic E-state index is 7.57. The van der Waals surface area contributed by atoms with Crippen LogP contribution in [0.4, 0.5) is 0 Å². The molecule has 3 nitrogen and oxygen atoms in total. The molecule has 0 saturated carbocycles. The third kappa shape index (κ3) is 5.03. The fraction of sp³-hybridized carbons (Fsp3) is 0.500. The summed E-state index contributed by atoms with van der Waals surface area (Å²) in [5.74, 6) is 0. The van der Waals surface area contributed by atoms with Gasteiger partial charge < -0.3 is 5.11 Å². The molecular weight excluding hydrogens is 116 g/mol. The van der Waals surface area contributed by atoms with Gasteiger partial charge in [-0.3, -0.25) is 4.98 Å². The van der Waals surface area contributed by atoms with Crippen LogP contribution in [0.25, 0.3) is 0 Å². The summed E-state index contributed by atoms with van der Waals surface area (Å²) in [5.41, 5.74) is 0. The first-order valence-electron chi connectivity index (χ1n) is 2.90. The number of rotatable bonds is 0. The number of hydrogen-bond donors (Lipinski definition) is 2. The predicted octanol–water partition coefficient (Wildman–Crippen LogP) is -0.162. The summed E-state index contributed by atoms with van der Waals surface area (Å²) in [5, 5.41) is 7.57. The maximum Gasteiger partial charge on any atom is 0.241 e. The van der Waals surface area contributed by atoms with Gasteiger partial charge in [-0.1, -0.05) is 0 Å². The standard InChI is InChI=1S/C4H6N2.C2H6O/c1-6-3-2-5-4-6;1-2-3/h2-4H,1H3;3H,2H2,1H3/p+1. The molecule has 0 aliphatic heterocycles. The summed E-state index contributed by atoms with van der Waals surface area (Å²) in [6, 6.07) is 0. The molecule has 1 aromatic heterocycles. The molecule has 0 aromatic carbocycles. The number of imidazole rings is 1.